The van der Waals surface area contributed by atoms with Crippen molar-refractivity contribution in [2.24, 2.45) is 0 Å². The van der Waals surface area contributed by atoms with Gasteiger partial charge in [0.1, 0.15) is 0 Å². The maximum absolute atomic E-state index is 2.40. The van der Waals surface area contributed by atoms with E-state index in [-0.39, 0.29) is 0 Å². The van der Waals surface area contributed by atoms with Gasteiger partial charge < -0.3 is 4.57 Å². The maximum atomic E-state index is 2.40. The quantitative estimate of drug-likeness (QED) is 0.199. The number of fused-ring (bicyclic) bond motifs is 3. The van der Waals surface area contributed by atoms with Crippen molar-refractivity contribution < 1.29 is 0 Å². The molecule has 42 heavy (non-hydrogen) atoms. The van der Waals surface area contributed by atoms with Crippen LogP contribution in [0.25, 0.3) is 82.1 Å². The molecular weight excluding hydrogens is 506 g/mol. The molecule has 0 spiro atoms. The molecule has 0 aliphatic heterocycles. The van der Waals surface area contributed by atoms with Gasteiger partial charge in [-0.15, -0.1) is 0 Å². The summed E-state index contributed by atoms with van der Waals surface area (Å²) < 4.78 is 2.39. The van der Waals surface area contributed by atoms with Gasteiger partial charge in [-0.05, 0) is 97.4 Å². The molecule has 1 nitrogen and oxygen atoms in total. The van der Waals surface area contributed by atoms with Crippen molar-refractivity contribution in [1.29, 1.82) is 0 Å². The average Bonchev–Trinajstić information content (AvgIpc) is 3.38. The zero-order valence-electron chi connectivity index (χ0n) is 23.3. The molecule has 8 aromatic carbocycles. The van der Waals surface area contributed by atoms with Crippen molar-refractivity contribution in [1.82, 2.24) is 4.57 Å². The summed E-state index contributed by atoms with van der Waals surface area (Å²) in [7, 11) is 0. The van der Waals surface area contributed by atoms with E-state index in [2.05, 4.69) is 157 Å². The lowest BCUT2D eigenvalue weighted by atomic mass is 9.85. The second kappa shape index (κ2) is 8.80. The Labute approximate surface area is 244 Å². The summed E-state index contributed by atoms with van der Waals surface area (Å²) in [6.07, 6.45) is 0. The molecule has 0 saturated heterocycles. The van der Waals surface area contributed by atoms with Crippen LogP contribution in [0.5, 0.6) is 0 Å². The highest BCUT2D eigenvalue weighted by Gasteiger charge is 2.17. The number of nitrogens with zero attached hydrogens (tertiary/aromatic N) is 1. The van der Waals surface area contributed by atoms with E-state index in [1.54, 1.807) is 0 Å². The minimum atomic E-state index is 1.17. The van der Waals surface area contributed by atoms with Gasteiger partial charge in [-0.2, -0.15) is 0 Å². The Hall–Kier alpha value is -5.40. The summed E-state index contributed by atoms with van der Waals surface area (Å²) in [5.74, 6) is 0. The second-order valence-corrected chi connectivity index (χ2v) is 11.4. The Bertz CT molecular complexity index is 2370. The van der Waals surface area contributed by atoms with Crippen LogP contribution in [0.3, 0.4) is 0 Å². The largest absolute Gasteiger partial charge is 0.309 e. The van der Waals surface area contributed by atoms with E-state index in [0.29, 0.717) is 0 Å². The van der Waals surface area contributed by atoms with E-state index in [4.69, 9.17) is 0 Å². The van der Waals surface area contributed by atoms with E-state index in [9.17, 15) is 0 Å². The number of rotatable bonds is 3. The summed E-state index contributed by atoms with van der Waals surface area (Å²) in [4.78, 5) is 0. The number of benzene rings is 8. The van der Waals surface area contributed by atoms with Crippen molar-refractivity contribution in [3.63, 3.8) is 0 Å². The number of hydrogen-bond donors (Lipinski definition) is 0. The Morgan fingerprint density at radius 1 is 0.405 bits per heavy atom. The van der Waals surface area contributed by atoms with Crippen LogP contribution >= 0.6 is 0 Å². The van der Waals surface area contributed by atoms with Crippen LogP contribution in [0, 0.1) is 6.92 Å². The molecule has 0 radical (unpaired) electrons. The molecule has 0 bridgehead atoms. The minimum Gasteiger partial charge on any atom is -0.309 e. The SMILES string of the molecule is Cc1cc2ccc3c(-c4ccccc4)cc(-c4ccc(-n5c6ccccc6c6ccccc65)cc4)c4ccc(c1)c2c34. The Morgan fingerprint density at radius 2 is 0.929 bits per heavy atom. The molecule has 1 aromatic heterocycles. The van der Waals surface area contributed by atoms with E-state index in [1.165, 1.54) is 87.6 Å². The topological polar surface area (TPSA) is 4.93 Å². The molecule has 196 valence electrons. The zero-order valence-corrected chi connectivity index (χ0v) is 23.3. The van der Waals surface area contributed by atoms with Gasteiger partial charge in [0.05, 0.1) is 11.0 Å². The third-order valence-electron chi connectivity index (χ3n) is 8.96. The molecule has 0 aliphatic carbocycles. The summed E-state index contributed by atoms with van der Waals surface area (Å²) >= 11 is 0. The molecule has 0 fully saturated rings. The molecule has 0 aliphatic rings. The first-order valence-corrected chi connectivity index (χ1v) is 14.6. The van der Waals surface area contributed by atoms with Gasteiger partial charge in [-0.3, -0.25) is 0 Å². The van der Waals surface area contributed by atoms with Crippen LogP contribution in [-0.4, -0.2) is 4.57 Å². The molecule has 1 heterocycles. The van der Waals surface area contributed by atoms with Gasteiger partial charge in [-0.1, -0.05) is 115 Å². The third-order valence-corrected chi connectivity index (χ3v) is 8.96. The molecular formula is C41H27N. The van der Waals surface area contributed by atoms with Crippen LogP contribution in [0.4, 0.5) is 0 Å². The number of aromatic nitrogens is 1. The first-order valence-electron chi connectivity index (χ1n) is 14.6. The Balaban J connectivity index is 1.31. The fourth-order valence-corrected chi connectivity index (χ4v) is 7.16. The second-order valence-electron chi connectivity index (χ2n) is 11.4. The zero-order chi connectivity index (χ0) is 27.8. The monoisotopic (exact) mass is 533 g/mol. The molecule has 0 unspecified atom stereocenters. The smallest absolute Gasteiger partial charge is 0.0541 e. The minimum absolute atomic E-state index is 1.17. The van der Waals surface area contributed by atoms with Gasteiger partial charge in [0.25, 0.3) is 0 Å². The van der Waals surface area contributed by atoms with E-state index >= 15 is 0 Å². The predicted octanol–water partition coefficient (Wildman–Crippen LogP) is 11.3. The molecule has 0 N–H and O–H groups in total. The predicted molar refractivity (Wildman–Crippen MR) is 180 cm³/mol. The van der Waals surface area contributed by atoms with Crippen LogP contribution in [-0.2, 0) is 0 Å². The van der Waals surface area contributed by atoms with Crippen molar-refractivity contribution >= 4 is 54.1 Å². The Kier molecular flexibility index (Phi) is 4.88. The fourth-order valence-electron chi connectivity index (χ4n) is 7.16. The highest BCUT2D eigenvalue weighted by atomic mass is 15.0. The van der Waals surface area contributed by atoms with Gasteiger partial charge >= 0.3 is 0 Å². The molecule has 9 rings (SSSR count). The number of hydrogen-bond acceptors (Lipinski definition) is 0. The van der Waals surface area contributed by atoms with Crippen molar-refractivity contribution in [3.05, 3.63) is 151 Å². The summed E-state index contributed by atoms with van der Waals surface area (Å²) in [5, 5.41) is 10.5. The van der Waals surface area contributed by atoms with E-state index in [0.717, 1.165) is 0 Å². The number of aryl methyl sites for hydroxylation is 1. The van der Waals surface area contributed by atoms with E-state index in [1.807, 2.05) is 0 Å². The van der Waals surface area contributed by atoms with Crippen molar-refractivity contribution in [3.8, 4) is 27.9 Å². The van der Waals surface area contributed by atoms with Crippen molar-refractivity contribution in [2.75, 3.05) is 0 Å². The van der Waals surface area contributed by atoms with Gasteiger partial charge in [0.2, 0.25) is 0 Å². The lowest BCUT2D eigenvalue weighted by Gasteiger charge is -2.19. The summed E-state index contributed by atoms with van der Waals surface area (Å²) in [6.45, 7) is 2.19. The molecule has 0 atom stereocenters. The number of para-hydroxylation sites is 2. The highest BCUT2D eigenvalue weighted by molar-refractivity contribution is 6.28. The first kappa shape index (κ1) is 23.3. The average molecular weight is 534 g/mol. The van der Waals surface area contributed by atoms with E-state index < -0.39 is 0 Å². The molecule has 0 saturated carbocycles. The Morgan fingerprint density at radius 3 is 1.52 bits per heavy atom. The maximum Gasteiger partial charge on any atom is 0.0541 e. The van der Waals surface area contributed by atoms with Crippen LogP contribution in [0.2, 0.25) is 0 Å². The fraction of sp³-hybridized carbons (Fsp3) is 0.0244. The van der Waals surface area contributed by atoms with Crippen LogP contribution in [0.1, 0.15) is 5.56 Å². The van der Waals surface area contributed by atoms with Crippen LogP contribution < -0.4 is 0 Å². The third kappa shape index (κ3) is 3.31. The summed E-state index contributed by atoms with van der Waals surface area (Å²) in [6, 6.07) is 53.6. The lowest BCUT2D eigenvalue weighted by molar-refractivity contribution is 1.18. The molecule has 0 amide bonds. The first-order chi connectivity index (χ1) is 20.7. The highest BCUT2D eigenvalue weighted by Crippen LogP contribution is 2.44. The van der Waals surface area contributed by atoms with Crippen LogP contribution in [0.15, 0.2) is 146 Å². The van der Waals surface area contributed by atoms with Gasteiger partial charge in [0.15, 0.2) is 0 Å². The molecule has 9 aromatic rings. The normalized spacial score (nSPS) is 11.9. The van der Waals surface area contributed by atoms with Crippen molar-refractivity contribution in [2.45, 2.75) is 6.92 Å². The molecule has 1 heteroatoms. The summed E-state index contributed by atoms with van der Waals surface area (Å²) in [5.41, 5.74) is 9.95. The van der Waals surface area contributed by atoms with Gasteiger partial charge in [0, 0.05) is 16.5 Å². The van der Waals surface area contributed by atoms with Gasteiger partial charge in [-0.25, -0.2) is 0 Å². The lowest BCUT2D eigenvalue weighted by Crippen LogP contribution is -1.94. The standard InChI is InChI=1S/C41H27N/c1-26-23-29-17-21-34-36(27-9-3-2-4-10-27)25-37(35-22-18-30(24-26)40(29)41(34)35)28-15-19-31(20-16-28)42-38-13-7-5-11-32(38)33-12-6-8-14-39(33)42/h2-25H,1H3.